The zero-order chi connectivity index (χ0) is 16.6. The molecule has 2 saturated carbocycles. The van der Waals surface area contributed by atoms with Gasteiger partial charge in [-0.1, -0.05) is 38.5 Å². The highest BCUT2D eigenvalue weighted by Gasteiger charge is 2.54. The summed E-state index contributed by atoms with van der Waals surface area (Å²) in [6.07, 6.45) is 9.10. The van der Waals surface area contributed by atoms with Crippen LogP contribution in [0, 0.1) is 22.7 Å². The molecule has 22 heavy (non-hydrogen) atoms. The quantitative estimate of drug-likeness (QED) is 0.735. The molecule has 2 aliphatic rings. The van der Waals surface area contributed by atoms with Crippen molar-refractivity contribution in [3.8, 4) is 0 Å². The van der Waals surface area contributed by atoms with E-state index in [1.165, 1.54) is 18.4 Å². The van der Waals surface area contributed by atoms with Gasteiger partial charge in [-0.2, -0.15) is 0 Å². The minimum absolute atomic E-state index is 0.0485. The van der Waals surface area contributed by atoms with Crippen LogP contribution in [0.5, 0.6) is 0 Å². The Labute approximate surface area is 136 Å². The van der Waals surface area contributed by atoms with Gasteiger partial charge >= 0.3 is 0 Å². The average molecular weight is 306 g/mol. The molecule has 2 rings (SSSR count). The lowest BCUT2D eigenvalue weighted by Crippen LogP contribution is -2.52. The first-order valence-corrected chi connectivity index (χ1v) is 8.83. The molecule has 0 heterocycles. The summed E-state index contributed by atoms with van der Waals surface area (Å²) in [6.45, 7) is 14.9. The summed E-state index contributed by atoms with van der Waals surface area (Å²) in [7, 11) is 0. The van der Waals surface area contributed by atoms with Gasteiger partial charge < -0.3 is 10.2 Å². The van der Waals surface area contributed by atoms with E-state index >= 15 is 0 Å². The van der Waals surface area contributed by atoms with Crippen LogP contribution >= 0.6 is 0 Å². The lowest BCUT2D eigenvalue weighted by Gasteiger charge is -2.58. The molecule has 0 aromatic rings. The topological polar surface area (TPSA) is 40.5 Å². The van der Waals surface area contributed by atoms with Crippen molar-refractivity contribution in [3.63, 3.8) is 0 Å². The van der Waals surface area contributed by atoms with E-state index in [2.05, 4.69) is 27.0 Å². The minimum Gasteiger partial charge on any atom is -0.396 e. The fourth-order valence-electron chi connectivity index (χ4n) is 5.34. The second-order valence-electron chi connectivity index (χ2n) is 8.57. The molecule has 1 unspecified atom stereocenters. The Morgan fingerprint density at radius 3 is 2.64 bits per heavy atom. The Balaban J connectivity index is 2.24. The molecule has 0 aliphatic heterocycles. The summed E-state index contributed by atoms with van der Waals surface area (Å²) >= 11 is 0. The second kappa shape index (κ2) is 6.13. The van der Waals surface area contributed by atoms with Gasteiger partial charge in [0.1, 0.15) is 0 Å². The molecule has 2 fully saturated rings. The molecule has 2 nitrogen and oxygen atoms in total. The van der Waals surface area contributed by atoms with Gasteiger partial charge in [0.25, 0.3) is 0 Å². The van der Waals surface area contributed by atoms with E-state index in [-0.39, 0.29) is 17.4 Å². The van der Waals surface area contributed by atoms with Gasteiger partial charge in [0, 0.05) is 6.61 Å². The van der Waals surface area contributed by atoms with Crippen LogP contribution in [0.2, 0.25) is 0 Å². The van der Waals surface area contributed by atoms with Crippen LogP contribution in [0.25, 0.3) is 0 Å². The van der Waals surface area contributed by atoms with Crippen molar-refractivity contribution < 1.29 is 10.2 Å². The van der Waals surface area contributed by atoms with E-state index < -0.39 is 5.60 Å². The van der Waals surface area contributed by atoms with Gasteiger partial charge in [-0.15, -0.1) is 6.58 Å². The Kier molecular flexibility index (Phi) is 4.94. The summed E-state index contributed by atoms with van der Waals surface area (Å²) in [5.74, 6) is 1.01. The van der Waals surface area contributed by atoms with E-state index in [0.717, 1.165) is 32.1 Å². The van der Waals surface area contributed by atoms with Crippen LogP contribution in [0.15, 0.2) is 24.8 Å². The van der Waals surface area contributed by atoms with E-state index in [4.69, 9.17) is 0 Å². The van der Waals surface area contributed by atoms with Crippen LogP contribution in [0.3, 0.4) is 0 Å². The standard InChI is InChI=1S/C20H34O2/c1-6-19(4,22)13-10-16-15(2)8-9-17-18(3,14-21)11-7-12-20(16,17)5/h6,16-17,21-22H,1-2,7-14H2,3-5H3/t16?,17-,18-,19+,20+/m0/s1. The summed E-state index contributed by atoms with van der Waals surface area (Å²) in [5, 5.41) is 20.3. The van der Waals surface area contributed by atoms with Crippen LogP contribution in [0.1, 0.15) is 65.7 Å². The number of fused-ring (bicyclic) bond motifs is 1. The first-order valence-electron chi connectivity index (χ1n) is 8.83. The molecule has 2 heteroatoms. The zero-order valence-corrected chi connectivity index (χ0v) is 14.7. The maximum atomic E-state index is 10.3. The molecule has 0 spiro atoms. The molecule has 0 aromatic heterocycles. The van der Waals surface area contributed by atoms with Gasteiger partial charge in [0.2, 0.25) is 0 Å². The lowest BCUT2D eigenvalue weighted by molar-refractivity contribution is -0.0885. The zero-order valence-electron chi connectivity index (χ0n) is 14.7. The SMILES string of the molecule is C=C[C@@](C)(O)CCC1C(=C)CC[C@H]2[C@](C)(CO)CCC[C@]12C. The predicted molar refractivity (Wildman–Crippen MR) is 92.6 cm³/mol. The largest absolute Gasteiger partial charge is 0.396 e. The maximum Gasteiger partial charge on any atom is 0.0797 e. The predicted octanol–water partition coefficient (Wildman–Crippen LogP) is 4.47. The Morgan fingerprint density at radius 2 is 2.05 bits per heavy atom. The van der Waals surface area contributed by atoms with Crippen molar-refractivity contribution >= 4 is 0 Å². The Hall–Kier alpha value is -0.600. The van der Waals surface area contributed by atoms with Gasteiger partial charge in [0.15, 0.2) is 0 Å². The van der Waals surface area contributed by atoms with E-state index in [1.54, 1.807) is 6.08 Å². The Morgan fingerprint density at radius 1 is 1.36 bits per heavy atom. The van der Waals surface area contributed by atoms with Crippen LogP contribution in [-0.2, 0) is 0 Å². The van der Waals surface area contributed by atoms with Crippen molar-refractivity contribution in [2.45, 2.75) is 71.3 Å². The van der Waals surface area contributed by atoms with Crippen LogP contribution in [-0.4, -0.2) is 22.4 Å². The van der Waals surface area contributed by atoms with Crippen molar-refractivity contribution in [1.82, 2.24) is 0 Å². The number of aliphatic hydroxyl groups excluding tert-OH is 1. The third kappa shape index (κ3) is 3.05. The van der Waals surface area contributed by atoms with Gasteiger partial charge in [-0.05, 0) is 68.1 Å². The number of aliphatic hydroxyl groups is 2. The summed E-state index contributed by atoms with van der Waals surface area (Å²) < 4.78 is 0. The molecule has 2 aliphatic carbocycles. The van der Waals surface area contributed by atoms with Crippen LogP contribution in [0.4, 0.5) is 0 Å². The molecule has 2 N–H and O–H groups in total. The van der Waals surface area contributed by atoms with Crippen molar-refractivity contribution in [1.29, 1.82) is 0 Å². The molecule has 0 saturated heterocycles. The summed E-state index contributed by atoms with van der Waals surface area (Å²) in [5.41, 5.74) is 0.814. The third-order valence-corrected chi connectivity index (χ3v) is 6.88. The molecule has 0 aromatic carbocycles. The highest BCUT2D eigenvalue weighted by molar-refractivity contribution is 5.16. The molecular formula is C20H34O2. The minimum atomic E-state index is -0.793. The third-order valence-electron chi connectivity index (χ3n) is 6.88. The maximum absolute atomic E-state index is 10.3. The average Bonchev–Trinajstić information content (AvgIpc) is 2.46. The number of hydrogen-bond acceptors (Lipinski definition) is 2. The number of allylic oxidation sites excluding steroid dienone is 1. The molecule has 126 valence electrons. The van der Waals surface area contributed by atoms with Crippen molar-refractivity contribution in [2.75, 3.05) is 6.61 Å². The second-order valence-corrected chi connectivity index (χ2v) is 8.57. The number of hydrogen-bond donors (Lipinski definition) is 2. The van der Waals surface area contributed by atoms with Crippen LogP contribution < -0.4 is 0 Å². The van der Waals surface area contributed by atoms with E-state index in [1.807, 2.05) is 6.92 Å². The van der Waals surface area contributed by atoms with Gasteiger partial charge in [-0.3, -0.25) is 0 Å². The Bertz CT molecular complexity index is 439. The monoisotopic (exact) mass is 306 g/mol. The summed E-state index contributed by atoms with van der Waals surface area (Å²) in [6, 6.07) is 0. The molecule has 5 atom stereocenters. The first kappa shape index (κ1) is 17.7. The normalized spacial score (nSPS) is 41.6. The molecule has 0 radical (unpaired) electrons. The molecule has 0 amide bonds. The van der Waals surface area contributed by atoms with E-state index in [0.29, 0.717) is 11.8 Å². The first-order chi connectivity index (χ1) is 10.2. The molecular weight excluding hydrogens is 272 g/mol. The lowest BCUT2D eigenvalue weighted by atomic mass is 9.46. The van der Waals surface area contributed by atoms with Gasteiger partial charge in [-0.25, -0.2) is 0 Å². The molecule has 0 bridgehead atoms. The highest BCUT2D eigenvalue weighted by Crippen LogP contribution is 2.61. The summed E-state index contributed by atoms with van der Waals surface area (Å²) in [4.78, 5) is 0. The number of rotatable bonds is 5. The van der Waals surface area contributed by atoms with E-state index in [9.17, 15) is 10.2 Å². The fourth-order valence-corrected chi connectivity index (χ4v) is 5.34. The van der Waals surface area contributed by atoms with Crippen molar-refractivity contribution in [3.05, 3.63) is 24.8 Å². The highest BCUT2D eigenvalue weighted by atomic mass is 16.3. The van der Waals surface area contributed by atoms with Gasteiger partial charge in [0.05, 0.1) is 5.60 Å². The smallest absolute Gasteiger partial charge is 0.0797 e. The van der Waals surface area contributed by atoms with Crippen molar-refractivity contribution in [2.24, 2.45) is 22.7 Å². The fraction of sp³-hybridized carbons (Fsp3) is 0.800.